The summed E-state index contributed by atoms with van der Waals surface area (Å²) in [6.07, 6.45) is 11.6. The maximum absolute atomic E-state index is 13.0. The summed E-state index contributed by atoms with van der Waals surface area (Å²) in [6, 6.07) is 11.5. The monoisotopic (exact) mass is 449 g/mol. The van der Waals surface area contributed by atoms with E-state index in [1.165, 1.54) is 30.7 Å². The highest BCUT2D eigenvalue weighted by molar-refractivity contribution is 7.16. The first-order valence-electron chi connectivity index (χ1n) is 12.0. The van der Waals surface area contributed by atoms with Crippen LogP contribution in [0.2, 0.25) is 0 Å². The highest BCUT2D eigenvalue weighted by Crippen LogP contribution is 2.32. The molecule has 1 heterocycles. The first-order valence-corrected chi connectivity index (χ1v) is 12.9. The zero-order chi connectivity index (χ0) is 22.9. The molecule has 3 nitrogen and oxygen atoms in total. The third kappa shape index (κ3) is 5.66. The van der Waals surface area contributed by atoms with E-state index in [2.05, 4.69) is 43.9 Å². The van der Waals surface area contributed by atoms with Gasteiger partial charge in [0.1, 0.15) is 0 Å². The van der Waals surface area contributed by atoms with E-state index in [4.69, 9.17) is 0 Å². The van der Waals surface area contributed by atoms with Crippen LogP contribution in [0, 0.1) is 0 Å². The van der Waals surface area contributed by atoms with Gasteiger partial charge in [0.2, 0.25) is 0 Å². The van der Waals surface area contributed by atoms with Crippen molar-refractivity contribution in [2.75, 3.05) is 18.0 Å². The molecule has 1 aromatic carbocycles. The SMILES string of the molecule is CCCCC(/C=C/c1ccc(N(CCCC)CCCC)s1)=C1C(=O)c2ccccc2C1=O. The summed E-state index contributed by atoms with van der Waals surface area (Å²) < 4.78 is 0. The number of ketones is 2. The van der Waals surface area contributed by atoms with Crippen molar-refractivity contribution in [1.29, 1.82) is 0 Å². The summed E-state index contributed by atoms with van der Waals surface area (Å²) in [5, 5.41) is 1.30. The minimum Gasteiger partial charge on any atom is -0.363 e. The maximum atomic E-state index is 13.0. The lowest BCUT2D eigenvalue weighted by Crippen LogP contribution is -2.24. The Morgan fingerprint density at radius 3 is 2.00 bits per heavy atom. The van der Waals surface area contributed by atoms with Crippen LogP contribution in [0.3, 0.4) is 0 Å². The van der Waals surface area contributed by atoms with Gasteiger partial charge in [0.25, 0.3) is 0 Å². The van der Waals surface area contributed by atoms with Crippen LogP contribution in [-0.2, 0) is 0 Å². The Morgan fingerprint density at radius 1 is 0.844 bits per heavy atom. The van der Waals surface area contributed by atoms with Gasteiger partial charge in [0.15, 0.2) is 11.6 Å². The Kier molecular flexibility index (Phi) is 9.04. The Hall–Kier alpha value is -2.46. The molecule has 0 spiro atoms. The number of thiophene rings is 1. The molecule has 1 aromatic heterocycles. The number of Topliss-reactive ketones (excluding diaryl/α,β-unsaturated/α-hetero) is 2. The molecule has 170 valence electrons. The number of allylic oxidation sites excluding steroid dienone is 3. The number of rotatable bonds is 12. The Balaban J connectivity index is 1.86. The van der Waals surface area contributed by atoms with Gasteiger partial charge in [-0.05, 0) is 49.5 Å². The average Bonchev–Trinajstić information content (AvgIpc) is 3.38. The van der Waals surface area contributed by atoms with Crippen LogP contribution in [0.15, 0.2) is 53.6 Å². The fourth-order valence-electron chi connectivity index (χ4n) is 4.02. The van der Waals surface area contributed by atoms with Crippen molar-refractivity contribution in [3.8, 4) is 0 Å². The molecule has 2 aromatic rings. The molecular formula is C28H35NO2S. The van der Waals surface area contributed by atoms with Gasteiger partial charge < -0.3 is 4.90 Å². The van der Waals surface area contributed by atoms with Gasteiger partial charge in [-0.1, -0.05) is 70.4 Å². The molecule has 1 aliphatic rings. The second-order valence-electron chi connectivity index (χ2n) is 8.41. The smallest absolute Gasteiger partial charge is 0.197 e. The van der Waals surface area contributed by atoms with Crippen molar-refractivity contribution in [1.82, 2.24) is 0 Å². The van der Waals surface area contributed by atoms with Gasteiger partial charge in [0.05, 0.1) is 10.6 Å². The van der Waals surface area contributed by atoms with E-state index in [1.807, 2.05) is 18.2 Å². The molecule has 0 N–H and O–H groups in total. The van der Waals surface area contributed by atoms with Gasteiger partial charge in [-0.15, -0.1) is 11.3 Å². The van der Waals surface area contributed by atoms with Gasteiger partial charge in [-0.3, -0.25) is 9.59 Å². The van der Waals surface area contributed by atoms with Crippen LogP contribution < -0.4 is 4.90 Å². The highest BCUT2D eigenvalue weighted by atomic mass is 32.1. The molecule has 0 saturated carbocycles. The lowest BCUT2D eigenvalue weighted by atomic mass is 9.98. The van der Waals surface area contributed by atoms with E-state index in [-0.39, 0.29) is 11.6 Å². The van der Waals surface area contributed by atoms with E-state index >= 15 is 0 Å². The van der Waals surface area contributed by atoms with Crippen LogP contribution in [-0.4, -0.2) is 24.7 Å². The van der Waals surface area contributed by atoms with Crippen LogP contribution in [0.5, 0.6) is 0 Å². The second kappa shape index (κ2) is 12.0. The van der Waals surface area contributed by atoms with E-state index in [1.54, 1.807) is 23.5 Å². The number of nitrogens with zero attached hydrogens (tertiary/aromatic N) is 1. The third-order valence-electron chi connectivity index (χ3n) is 5.93. The molecule has 3 rings (SSSR count). The summed E-state index contributed by atoms with van der Waals surface area (Å²) in [5.74, 6) is -0.253. The zero-order valence-electron chi connectivity index (χ0n) is 19.7. The number of benzene rings is 1. The van der Waals surface area contributed by atoms with Crippen LogP contribution >= 0.6 is 11.3 Å². The van der Waals surface area contributed by atoms with E-state index in [9.17, 15) is 9.59 Å². The third-order valence-corrected chi connectivity index (χ3v) is 7.04. The van der Waals surface area contributed by atoms with Crippen molar-refractivity contribution < 1.29 is 9.59 Å². The molecule has 0 aliphatic heterocycles. The molecule has 0 unspecified atom stereocenters. The fraction of sp³-hybridized carbons (Fsp3) is 0.429. The van der Waals surface area contributed by atoms with Gasteiger partial charge in [-0.25, -0.2) is 0 Å². The molecule has 0 fully saturated rings. The normalized spacial score (nSPS) is 13.3. The van der Waals surface area contributed by atoms with E-state index in [0.29, 0.717) is 16.7 Å². The first kappa shape index (κ1) is 24.2. The number of carbonyl (C=O) groups excluding carboxylic acids is 2. The van der Waals surface area contributed by atoms with Crippen LogP contribution in [0.1, 0.15) is 91.3 Å². The molecule has 32 heavy (non-hydrogen) atoms. The number of anilines is 1. The molecule has 0 bridgehead atoms. The lowest BCUT2D eigenvalue weighted by Gasteiger charge is -2.22. The minimum absolute atomic E-state index is 0.126. The predicted octanol–water partition coefficient (Wildman–Crippen LogP) is 7.73. The summed E-state index contributed by atoms with van der Waals surface area (Å²) in [7, 11) is 0. The second-order valence-corrected chi connectivity index (χ2v) is 9.50. The Morgan fingerprint density at radius 2 is 1.44 bits per heavy atom. The maximum Gasteiger partial charge on any atom is 0.197 e. The Labute approximate surface area is 196 Å². The van der Waals surface area contributed by atoms with Gasteiger partial charge in [-0.2, -0.15) is 0 Å². The summed E-state index contributed by atoms with van der Waals surface area (Å²) in [6.45, 7) is 8.78. The van der Waals surface area contributed by atoms with Gasteiger partial charge >= 0.3 is 0 Å². The molecule has 0 amide bonds. The average molecular weight is 450 g/mol. The van der Waals surface area contributed by atoms with Gasteiger partial charge in [0, 0.05) is 29.1 Å². The summed E-state index contributed by atoms with van der Waals surface area (Å²) in [4.78, 5) is 29.6. The molecule has 4 heteroatoms. The van der Waals surface area contributed by atoms with Crippen molar-refractivity contribution in [3.05, 3.63) is 69.6 Å². The summed E-state index contributed by atoms with van der Waals surface area (Å²) >= 11 is 1.79. The van der Waals surface area contributed by atoms with Crippen molar-refractivity contribution in [3.63, 3.8) is 0 Å². The molecule has 1 aliphatic carbocycles. The standard InChI is InChI=1S/C28H35NO2S/c1-4-7-12-21(26-27(30)23-13-10-11-14-24(23)28(26)31)15-16-22-17-18-25(32-22)29(19-8-5-2)20-9-6-3/h10-11,13-18H,4-9,12,19-20H2,1-3H3/b16-15+. The number of unbranched alkanes of at least 4 members (excludes halogenated alkanes) is 3. The zero-order valence-corrected chi connectivity index (χ0v) is 20.5. The minimum atomic E-state index is -0.126. The molecule has 0 saturated heterocycles. The first-order chi connectivity index (χ1) is 15.6. The van der Waals surface area contributed by atoms with Crippen LogP contribution in [0.25, 0.3) is 6.08 Å². The largest absolute Gasteiger partial charge is 0.363 e. The highest BCUT2D eigenvalue weighted by Gasteiger charge is 2.34. The molecule has 0 atom stereocenters. The van der Waals surface area contributed by atoms with Crippen molar-refractivity contribution >= 4 is 34.0 Å². The van der Waals surface area contributed by atoms with E-state index < -0.39 is 0 Å². The predicted molar refractivity (Wildman–Crippen MR) is 137 cm³/mol. The number of fused-ring (bicyclic) bond motifs is 1. The van der Waals surface area contributed by atoms with Crippen molar-refractivity contribution in [2.45, 2.75) is 65.7 Å². The van der Waals surface area contributed by atoms with E-state index in [0.717, 1.165) is 42.8 Å². The number of hydrogen-bond acceptors (Lipinski definition) is 4. The fourth-order valence-corrected chi connectivity index (χ4v) is 4.98. The quantitative estimate of drug-likeness (QED) is 0.246. The lowest BCUT2D eigenvalue weighted by molar-refractivity contribution is 0.0987. The molecule has 0 radical (unpaired) electrons. The number of hydrogen-bond donors (Lipinski definition) is 0. The summed E-state index contributed by atoms with van der Waals surface area (Å²) in [5.41, 5.74) is 2.30. The topological polar surface area (TPSA) is 37.4 Å². The molecular weight excluding hydrogens is 414 g/mol. The van der Waals surface area contributed by atoms with Crippen LogP contribution in [0.4, 0.5) is 5.00 Å². The number of carbonyl (C=O) groups is 2. The van der Waals surface area contributed by atoms with Crippen molar-refractivity contribution in [2.24, 2.45) is 0 Å². The Bertz CT molecular complexity index is 953.